The van der Waals surface area contributed by atoms with Crippen molar-refractivity contribution in [3.8, 4) is 0 Å². The largest absolute Gasteiger partial charge is 0.368 e. The molecule has 0 atom stereocenters. The first-order valence-corrected chi connectivity index (χ1v) is 9.02. The summed E-state index contributed by atoms with van der Waals surface area (Å²) in [5.41, 5.74) is 2.47. The van der Waals surface area contributed by atoms with Crippen molar-refractivity contribution in [2.24, 2.45) is 0 Å². The molecule has 0 unspecified atom stereocenters. The van der Waals surface area contributed by atoms with E-state index in [9.17, 15) is 4.79 Å². The highest BCUT2D eigenvalue weighted by Gasteiger charge is 2.18. The minimum atomic E-state index is -0.186. The summed E-state index contributed by atoms with van der Waals surface area (Å²) in [4.78, 5) is 25.3. The molecule has 1 aliphatic heterocycles. The number of nitrogens with one attached hydrogen (secondary N) is 1. The lowest BCUT2D eigenvalue weighted by molar-refractivity contribution is 0.102. The van der Waals surface area contributed by atoms with Crippen molar-refractivity contribution >= 4 is 23.1 Å². The zero-order chi connectivity index (χ0) is 18.5. The van der Waals surface area contributed by atoms with Crippen LogP contribution in [0.1, 0.15) is 10.4 Å². The molecular weight excluding hydrogens is 338 g/mol. The predicted octanol–water partition coefficient (Wildman–Crippen LogP) is 3.06. The molecule has 6 heteroatoms. The fraction of sp³-hybridized carbons (Fsp3) is 0.190. The maximum Gasteiger partial charge on any atom is 0.257 e. The van der Waals surface area contributed by atoms with Gasteiger partial charge in [0.1, 0.15) is 5.82 Å². The van der Waals surface area contributed by atoms with Gasteiger partial charge in [-0.25, -0.2) is 4.98 Å². The molecule has 0 bridgehead atoms. The van der Waals surface area contributed by atoms with Gasteiger partial charge in [-0.2, -0.15) is 0 Å². The van der Waals surface area contributed by atoms with Gasteiger partial charge in [0.2, 0.25) is 0 Å². The molecule has 4 rings (SSSR count). The first-order valence-electron chi connectivity index (χ1n) is 9.02. The number of aromatic nitrogens is 2. The topological polar surface area (TPSA) is 61.4 Å². The van der Waals surface area contributed by atoms with E-state index in [0.717, 1.165) is 32.0 Å². The van der Waals surface area contributed by atoms with Crippen LogP contribution in [-0.2, 0) is 0 Å². The van der Waals surface area contributed by atoms with Crippen LogP contribution >= 0.6 is 0 Å². The Kier molecular flexibility index (Phi) is 4.96. The van der Waals surface area contributed by atoms with Gasteiger partial charge in [-0.3, -0.25) is 9.78 Å². The first kappa shape index (κ1) is 17.0. The SMILES string of the molecule is O=C(Nc1ccc(N2CCN(c3ccccc3)CC2)nc1)c1cccnc1. The molecule has 3 heterocycles. The van der Waals surface area contributed by atoms with Crippen molar-refractivity contribution < 1.29 is 4.79 Å². The fourth-order valence-electron chi connectivity index (χ4n) is 3.18. The molecule has 1 amide bonds. The molecule has 3 aromatic rings. The van der Waals surface area contributed by atoms with Crippen molar-refractivity contribution in [2.75, 3.05) is 41.3 Å². The van der Waals surface area contributed by atoms with Crippen molar-refractivity contribution in [1.29, 1.82) is 0 Å². The highest BCUT2D eigenvalue weighted by Crippen LogP contribution is 2.20. The number of amides is 1. The molecular formula is C21H21N5O. The number of hydrogen-bond acceptors (Lipinski definition) is 5. The standard InChI is InChI=1S/C21H21N5O/c27-21(17-5-4-10-22-15-17)24-18-8-9-20(23-16-18)26-13-11-25(12-14-26)19-6-2-1-3-7-19/h1-10,15-16H,11-14H2,(H,24,27). The van der Waals surface area contributed by atoms with Crippen LogP contribution in [0.25, 0.3) is 0 Å². The Bertz CT molecular complexity index is 875. The Balaban J connectivity index is 1.35. The van der Waals surface area contributed by atoms with Gasteiger partial charge in [0.25, 0.3) is 5.91 Å². The van der Waals surface area contributed by atoms with Gasteiger partial charge in [-0.05, 0) is 36.4 Å². The number of carbonyl (C=O) groups excluding carboxylic acids is 1. The number of piperazine rings is 1. The van der Waals surface area contributed by atoms with Crippen LogP contribution in [0.2, 0.25) is 0 Å². The highest BCUT2D eigenvalue weighted by atomic mass is 16.1. The highest BCUT2D eigenvalue weighted by molar-refractivity contribution is 6.03. The molecule has 1 N–H and O–H groups in total. The van der Waals surface area contributed by atoms with Gasteiger partial charge >= 0.3 is 0 Å². The molecule has 1 fully saturated rings. The number of hydrogen-bond donors (Lipinski definition) is 1. The quantitative estimate of drug-likeness (QED) is 0.776. The van der Waals surface area contributed by atoms with Gasteiger partial charge in [-0.1, -0.05) is 18.2 Å². The second kappa shape index (κ2) is 7.86. The molecule has 1 aliphatic rings. The zero-order valence-electron chi connectivity index (χ0n) is 15.0. The summed E-state index contributed by atoms with van der Waals surface area (Å²) in [5.74, 6) is 0.746. The molecule has 0 spiro atoms. The van der Waals surface area contributed by atoms with E-state index < -0.39 is 0 Å². The first-order chi connectivity index (χ1) is 13.3. The molecule has 1 saturated heterocycles. The van der Waals surface area contributed by atoms with Gasteiger partial charge in [0.05, 0.1) is 17.4 Å². The summed E-state index contributed by atoms with van der Waals surface area (Å²) in [7, 11) is 0. The lowest BCUT2D eigenvalue weighted by atomic mass is 10.2. The van der Waals surface area contributed by atoms with Crippen LogP contribution in [0.3, 0.4) is 0 Å². The average Bonchev–Trinajstić information content (AvgIpc) is 2.76. The fourth-order valence-corrected chi connectivity index (χ4v) is 3.18. The van der Waals surface area contributed by atoms with Gasteiger partial charge in [0, 0.05) is 44.3 Å². The van der Waals surface area contributed by atoms with Gasteiger partial charge in [0.15, 0.2) is 0 Å². The molecule has 136 valence electrons. The summed E-state index contributed by atoms with van der Waals surface area (Å²) >= 11 is 0. The van der Waals surface area contributed by atoms with Crippen LogP contribution in [-0.4, -0.2) is 42.1 Å². The Labute approximate surface area is 158 Å². The lowest BCUT2D eigenvalue weighted by Gasteiger charge is -2.36. The minimum Gasteiger partial charge on any atom is -0.368 e. The van der Waals surface area contributed by atoms with E-state index in [0.29, 0.717) is 11.3 Å². The maximum atomic E-state index is 12.2. The number of benzene rings is 1. The van der Waals surface area contributed by atoms with Crippen LogP contribution in [0.15, 0.2) is 73.2 Å². The second-order valence-corrected chi connectivity index (χ2v) is 6.41. The summed E-state index contributed by atoms with van der Waals surface area (Å²) < 4.78 is 0. The number of carbonyl (C=O) groups is 1. The number of nitrogens with zero attached hydrogens (tertiary/aromatic N) is 4. The monoisotopic (exact) mass is 359 g/mol. The van der Waals surface area contributed by atoms with Crippen LogP contribution in [0.5, 0.6) is 0 Å². The number of para-hydroxylation sites is 1. The van der Waals surface area contributed by atoms with E-state index in [2.05, 4.69) is 49.4 Å². The Hall–Kier alpha value is -3.41. The van der Waals surface area contributed by atoms with Crippen molar-refractivity contribution in [2.45, 2.75) is 0 Å². The number of anilines is 3. The normalized spacial score (nSPS) is 14.1. The maximum absolute atomic E-state index is 12.2. The molecule has 0 saturated carbocycles. The van der Waals surface area contributed by atoms with Crippen LogP contribution in [0.4, 0.5) is 17.2 Å². The molecule has 0 radical (unpaired) electrons. The van der Waals surface area contributed by atoms with E-state index in [1.165, 1.54) is 5.69 Å². The zero-order valence-corrected chi connectivity index (χ0v) is 15.0. The van der Waals surface area contributed by atoms with E-state index in [-0.39, 0.29) is 5.91 Å². The molecule has 6 nitrogen and oxygen atoms in total. The molecule has 2 aromatic heterocycles. The van der Waals surface area contributed by atoms with Gasteiger partial charge < -0.3 is 15.1 Å². The summed E-state index contributed by atoms with van der Waals surface area (Å²) in [5, 5.41) is 2.85. The Morgan fingerprint density at radius 1 is 0.852 bits per heavy atom. The van der Waals surface area contributed by atoms with E-state index >= 15 is 0 Å². The number of rotatable bonds is 4. The van der Waals surface area contributed by atoms with Crippen LogP contribution in [0, 0.1) is 0 Å². The van der Waals surface area contributed by atoms with Crippen molar-refractivity contribution in [1.82, 2.24) is 9.97 Å². The summed E-state index contributed by atoms with van der Waals surface area (Å²) in [6.07, 6.45) is 4.89. The smallest absolute Gasteiger partial charge is 0.257 e. The van der Waals surface area contributed by atoms with E-state index in [1.807, 2.05) is 18.2 Å². The van der Waals surface area contributed by atoms with Crippen molar-refractivity contribution in [3.63, 3.8) is 0 Å². The molecule has 0 aliphatic carbocycles. The summed E-state index contributed by atoms with van der Waals surface area (Å²) in [6, 6.07) is 17.8. The Morgan fingerprint density at radius 3 is 2.30 bits per heavy atom. The van der Waals surface area contributed by atoms with Gasteiger partial charge in [-0.15, -0.1) is 0 Å². The third kappa shape index (κ3) is 4.06. The van der Waals surface area contributed by atoms with Crippen LogP contribution < -0.4 is 15.1 Å². The number of pyridine rings is 2. The average molecular weight is 359 g/mol. The summed E-state index contributed by atoms with van der Waals surface area (Å²) in [6.45, 7) is 3.77. The molecule has 27 heavy (non-hydrogen) atoms. The third-order valence-corrected chi connectivity index (χ3v) is 4.65. The predicted molar refractivity (Wildman–Crippen MR) is 107 cm³/mol. The van der Waals surface area contributed by atoms with Crippen molar-refractivity contribution in [3.05, 3.63) is 78.8 Å². The molecule has 1 aromatic carbocycles. The lowest BCUT2D eigenvalue weighted by Crippen LogP contribution is -2.46. The third-order valence-electron chi connectivity index (χ3n) is 4.65. The van der Waals surface area contributed by atoms with E-state index in [4.69, 9.17) is 0 Å². The van der Waals surface area contributed by atoms with E-state index in [1.54, 1.807) is 30.7 Å². The minimum absolute atomic E-state index is 0.186. The second-order valence-electron chi connectivity index (χ2n) is 6.41. The Morgan fingerprint density at radius 2 is 1.63 bits per heavy atom.